The van der Waals surface area contributed by atoms with Gasteiger partial charge in [-0.05, 0) is 285 Å². The van der Waals surface area contributed by atoms with Crippen LogP contribution >= 0.6 is 0 Å². The first-order valence-corrected chi connectivity index (χ1v) is 29.5. The van der Waals surface area contributed by atoms with Gasteiger partial charge in [0.2, 0.25) is 0 Å². The first-order chi connectivity index (χ1) is 34.4. The molecule has 0 heterocycles. The number of benzene rings is 7. The predicted octanol–water partition coefficient (Wildman–Crippen LogP) is -3.45. The molecule has 0 unspecified atom stereocenters. The van der Waals surface area contributed by atoms with Gasteiger partial charge in [-0.25, -0.2) is 0 Å². The van der Waals surface area contributed by atoms with Crippen molar-refractivity contribution in [1.29, 1.82) is 0 Å². The van der Waals surface area contributed by atoms with E-state index >= 15 is 0 Å². The van der Waals surface area contributed by atoms with Crippen molar-refractivity contribution in [1.82, 2.24) is 0 Å². The Labute approximate surface area is 467 Å². The van der Waals surface area contributed by atoms with E-state index in [0.717, 1.165) is 14.1 Å². The second-order valence-corrected chi connectivity index (χ2v) is 26.0. The van der Waals surface area contributed by atoms with Gasteiger partial charge < -0.3 is 0 Å². The molecule has 0 amide bonds. The fourth-order valence-corrected chi connectivity index (χ4v) is 15.4. The van der Waals surface area contributed by atoms with Gasteiger partial charge in [0.15, 0.2) is 0 Å². The zero-order valence-electron chi connectivity index (χ0n) is 53.0. The molecule has 0 atom stereocenters. The predicted molar refractivity (Wildman–Crippen MR) is 394 cm³/mol. The summed E-state index contributed by atoms with van der Waals surface area (Å²) < 4.78 is 0. The number of fused-ring (bicyclic) bond motifs is 4. The Balaban J connectivity index is 2.00. The van der Waals surface area contributed by atoms with E-state index in [1.807, 2.05) is 0 Å². The van der Waals surface area contributed by atoms with E-state index < -0.39 is 0 Å². The summed E-state index contributed by atoms with van der Waals surface area (Å²) in [5.74, 6) is 0. The number of aryl methyl sites for hydroxylation is 9. The molecule has 0 aliphatic heterocycles. The summed E-state index contributed by atoms with van der Waals surface area (Å²) in [6.07, 6.45) is 2.05. The second kappa shape index (κ2) is 21.3. The lowest BCUT2D eigenvalue weighted by atomic mass is 8.70. The molecule has 22 heteroatoms. The molecule has 0 aliphatic carbocycles. The molecule has 7 aromatic rings. The van der Waals surface area contributed by atoms with Crippen molar-refractivity contribution in [3.63, 3.8) is 0 Å². The van der Waals surface area contributed by atoms with Gasteiger partial charge in [-0.2, -0.15) is 0 Å². The third-order valence-corrected chi connectivity index (χ3v) is 21.4. The highest BCUT2D eigenvalue weighted by Gasteiger charge is 2.40. The largest absolute Gasteiger partial charge is 0.112 e. The molecule has 0 spiro atoms. The van der Waals surface area contributed by atoms with Gasteiger partial charge in [-0.1, -0.05) is 16.5 Å². The lowest BCUT2D eigenvalue weighted by Gasteiger charge is -2.38. The van der Waals surface area contributed by atoms with Crippen LogP contribution < -0.4 is 21.9 Å². The van der Waals surface area contributed by atoms with Crippen LogP contribution in [0.2, 0.25) is 0 Å². The summed E-state index contributed by atoms with van der Waals surface area (Å²) in [5, 5.41) is 11.9. The molecular weight excluding hydrogens is 862 g/mol. The Hall–Kier alpha value is -2.99. The number of rotatable bonds is 12. The topological polar surface area (TPSA) is 0 Å². The maximum Gasteiger partial charge on any atom is 0.0976 e. The van der Waals surface area contributed by atoms with Crippen LogP contribution in [0.1, 0.15) is 100 Å². The van der Waals surface area contributed by atoms with E-state index in [9.17, 15) is 0 Å². The summed E-state index contributed by atoms with van der Waals surface area (Å²) >= 11 is 0. The Bertz CT molecular complexity index is 3430. The molecule has 0 bridgehead atoms. The fraction of sp³-hybridized carbons (Fsp3) is 0.346. The molecule has 0 saturated heterocycles. The van der Waals surface area contributed by atoms with Crippen LogP contribution in [0.15, 0.2) is 0 Å². The van der Waals surface area contributed by atoms with Crippen LogP contribution in [-0.2, 0) is 0 Å². The minimum atomic E-state index is 0.321. The highest BCUT2D eigenvalue weighted by molar-refractivity contribution is 7.85. The van der Waals surface area contributed by atoms with Gasteiger partial charge >= 0.3 is 0 Å². The van der Waals surface area contributed by atoms with Crippen molar-refractivity contribution < 1.29 is 0 Å². The Morgan fingerprint density at radius 1 is 0.243 bits per heavy atom. The Morgan fingerprint density at radius 2 is 0.554 bits per heavy atom. The van der Waals surface area contributed by atoms with E-state index in [2.05, 4.69) is 217 Å². The van der Waals surface area contributed by atoms with Gasteiger partial charge in [0, 0.05) is 25.5 Å². The van der Waals surface area contributed by atoms with Crippen molar-refractivity contribution in [2.75, 3.05) is 0 Å². The summed E-state index contributed by atoms with van der Waals surface area (Å²) in [4.78, 5) is 0. The molecule has 0 saturated carbocycles. The first kappa shape index (κ1) is 58.7. The Kier molecular flexibility index (Phi) is 16.9. The summed E-state index contributed by atoms with van der Waals surface area (Å²) in [7, 11) is 32.4. The van der Waals surface area contributed by atoms with Gasteiger partial charge in [0.25, 0.3) is 0 Å². The van der Waals surface area contributed by atoms with Crippen LogP contribution in [-0.4, -0.2) is 158 Å². The summed E-state index contributed by atoms with van der Waals surface area (Å²) in [5.41, 5.74) is 38.4. The molecule has 0 radical (unpaired) electrons. The van der Waals surface area contributed by atoms with Crippen LogP contribution in [0.5, 0.6) is 0 Å². The smallest absolute Gasteiger partial charge is 0.0976 e. The van der Waals surface area contributed by atoms with Crippen LogP contribution in [0.25, 0.3) is 65.3 Å². The van der Waals surface area contributed by atoms with Gasteiger partial charge in [0.05, 0.1) is 133 Å². The summed E-state index contributed by atoms with van der Waals surface area (Å²) in [6, 6.07) is 0. The highest BCUT2D eigenvalue weighted by Crippen LogP contribution is 2.54. The van der Waals surface area contributed by atoms with Crippen molar-refractivity contribution in [2.24, 2.45) is 0 Å². The lowest BCUT2D eigenvalue weighted by Crippen LogP contribution is -2.74. The SMILES string of the molecule is BBB(B(B)B)c1c(B(B(B)B)B(B)B)c(C)c2c(C)c(C)c(-c3c4c(C)c(C)c(C)c(C)c4c(-c4c(C)c(C)c(C)c5c(C)c(C)c(C)c(C)c45)c4c(C)c(C)c(C)c(C)c34)c(B(B)BB)c2c1B(B)B(B)B. The van der Waals surface area contributed by atoms with E-state index in [0.29, 0.717) is 51.5 Å². The summed E-state index contributed by atoms with van der Waals surface area (Å²) in [6.45, 7) is 45.6. The van der Waals surface area contributed by atoms with Gasteiger partial charge in [0.1, 0.15) is 0 Å². The average Bonchev–Trinajstić information content (AvgIpc) is 3.34. The molecule has 0 aromatic heterocycles. The third-order valence-electron chi connectivity index (χ3n) is 21.4. The van der Waals surface area contributed by atoms with Crippen molar-refractivity contribution in [2.45, 2.75) is 125 Å². The van der Waals surface area contributed by atoms with E-state index in [1.165, 1.54) is 149 Å². The van der Waals surface area contributed by atoms with Crippen LogP contribution in [0.3, 0.4) is 0 Å². The molecule has 7 aromatic carbocycles. The van der Waals surface area contributed by atoms with Crippen molar-refractivity contribution in [3.05, 3.63) is 100 Å². The standard InChI is InChI=1S/C52H80B22/c1-19-20(2)28(10)39-37(26(19)8)27(9)25(7)33(15)40(39)46-41-29(11)21(3)23(5)31(13)43(41)47(44-32(14)24(6)22(4)30(12)42(44)46)45-35(17)34(16)38-36(18)49(70(73(61)62)74(63)64)52(69(66-54)72(59)60)51(68(56)71(57)58)48(38)50(45)67(55)65-53/h65-66H,53-64H2,1-18H3. The molecule has 74 heavy (non-hydrogen) atoms. The van der Waals surface area contributed by atoms with Crippen LogP contribution in [0.4, 0.5) is 0 Å². The van der Waals surface area contributed by atoms with Gasteiger partial charge in [-0.15, -0.1) is 10.9 Å². The van der Waals surface area contributed by atoms with Crippen molar-refractivity contribution in [3.8, 4) is 22.3 Å². The quantitative estimate of drug-likeness (QED) is 0.0886. The first-order valence-electron chi connectivity index (χ1n) is 29.5. The normalized spacial score (nSPS) is 11.5. The highest BCUT2D eigenvalue weighted by atomic mass is 14.3. The monoisotopic (exact) mass is 947 g/mol. The van der Waals surface area contributed by atoms with E-state index in [1.54, 1.807) is 38.2 Å². The van der Waals surface area contributed by atoms with Crippen LogP contribution in [0, 0.1) is 125 Å². The minimum absolute atomic E-state index is 0.321. The maximum absolute atomic E-state index is 2.60. The molecule has 0 N–H and O–H groups in total. The van der Waals surface area contributed by atoms with Crippen molar-refractivity contribution >= 4 is 223 Å². The third kappa shape index (κ3) is 8.57. The molecule has 0 nitrogen and oxygen atoms in total. The van der Waals surface area contributed by atoms with E-state index in [4.69, 9.17) is 0 Å². The number of hydrogen-bond donors (Lipinski definition) is 0. The molecular formula is C52H80B22. The maximum atomic E-state index is 2.60. The molecule has 354 valence electrons. The zero-order chi connectivity index (χ0) is 55.7. The minimum Gasteiger partial charge on any atom is -0.112 e. The molecule has 0 fully saturated rings. The zero-order valence-corrected chi connectivity index (χ0v) is 53.0. The van der Waals surface area contributed by atoms with Gasteiger partial charge in [-0.3, -0.25) is 0 Å². The van der Waals surface area contributed by atoms with E-state index in [-0.39, 0.29) is 0 Å². The Morgan fingerprint density at radius 3 is 0.892 bits per heavy atom. The lowest BCUT2D eigenvalue weighted by molar-refractivity contribution is 1.22. The second-order valence-electron chi connectivity index (χ2n) is 26.0. The fourth-order valence-electron chi connectivity index (χ4n) is 15.4. The average molecular weight is 943 g/mol. The molecule has 7 rings (SSSR count). The number of hydrogen-bond acceptors (Lipinski definition) is 0. The molecule has 0 aliphatic rings.